The maximum absolute atomic E-state index is 12.8. The molecule has 2 amide bonds. The van der Waals surface area contributed by atoms with E-state index >= 15 is 0 Å². The van der Waals surface area contributed by atoms with Gasteiger partial charge in [0.1, 0.15) is 0 Å². The minimum absolute atomic E-state index is 0.00735. The first kappa shape index (κ1) is 18.6. The number of imide groups is 1. The van der Waals surface area contributed by atoms with Crippen LogP contribution in [0, 0.1) is 35.5 Å². The minimum atomic E-state index is -0.605. The van der Waals surface area contributed by atoms with E-state index in [4.69, 9.17) is 16.3 Å². The maximum Gasteiger partial charge on any atom is 0.308 e. The normalized spacial score (nSPS) is 33.5. The van der Waals surface area contributed by atoms with Crippen LogP contribution in [0.5, 0.6) is 0 Å². The van der Waals surface area contributed by atoms with E-state index < -0.39 is 5.97 Å². The van der Waals surface area contributed by atoms with Gasteiger partial charge in [-0.1, -0.05) is 23.8 Å². The van der Waals surface area contributed by atoms with Crippen LogP contribution in [0.1, 0.15) is 23.2 Å². The molecule has 0 N–H and O–H groups in total. The number of allylic oxidation sites excluding steroid dienone is 2. The number of benzene rings is 1. The second-order valence-electron chi connectivity index (χ2n) is 8.32. The Bertz CT molecular complexity index is 903. The average Bonchev–Trinajstić information content (AvgIpc) is 3.50. The van der Waals surface area contributed by atoms with Crippen LogP contribution >= 0.6 is 11.6 Å². The monoisotopic (exact) mass is 413 g/mol. The number of hydrogen-bond acceptors (Lipinski definition) is 5. The van der Waals surface area contributed by atoms with Gasteiger partial charge in [-0.05, 0) is 54.4 Å². The minimum Gasteiger partial charge on any atom is -0.457 e. The van der Waals surface area contributed by atoms with Crippen molar-refractivity contribution < 1.29 is 23.9 Å². The standard InChI is InChI=1S/C22H20ClNO5/c23-12-3-1-11(2-4-12)17(25)10-29-18(26)7-8-24-21(27)19-13-5-6-14(16-9-15(13)16)20(19)22(24)28/h1-6,13-16,19-20H,7-10H2/t13-,14-,15-,16+,19+,20+/m0/s1. The Hall–Kier alpha value is -2.47. The molecule has 4 aliphatic carbocycles. The van der Waals surface area contributed by atoms with Gasteiger partial charge < -0.3 is 4.74 Å². The van der Waals surface area contributed by atoms with Crippen molar-refractivity contribution in [2.75, 3.05) is 13.2 Å². The highest BCUT2D eigenvalue weighted by atomic mass is 35.5. The fourth-order valence-corrected chi connectivity index (χ4v) is 5.51. The fourth-order valence-electron chi connectivity index (χ4n) is 5.38. The van der Waals surface area contributed by atoms with Crippen LogP contribution in [0.3, 0.4) is 0 Å². The number of carbonyl (C=O) groups is 4. The molecule has 6 nitrogen and oxygen atoms in total. The molecule has 0 spiro atoms. The number of carbonyl (C=O) groups excluding carboxylic acids is 4. The predicted octanol–water partition coefficient (Wildman–Crippen LogP) is 2.51. The van der Waals surface area contributed by atoms with Crippen LogP contribution in [0.4, 0.5) is 0 Å². The van der Waals surface area contributed by atoms with Crippen LogP contribution in [-0.2, 0) is 19.1 Å². The van der Waals surface area contributed by atoms with Gasteiger partial charge in [-0.25, -0.2) is 0 Å². The topological polar surface area (TPSA) is 80.8 Å². The molecular formula is C22H20ClNO5. The van der Waals surface area contributed by atoms with Crippen molar-refractivity contribution in [2.24, 2.45) is 35.5 Å². The molecule has 0 unspecified atom stereocenters. The summed E-state index contributed by atoms with van der Waals surface area (Å²) in [4.78, 5) is 51.1. The zero-order valence-corrected chi connectivity index (χ0v) is 16.4. The Morgan fingerprint density at radius 2 is 1.59 bits per heavy atom. The molecular weight excluding hydrogens is 394 g/mol. The van der Waals surface area contributed by atoms with Crippen LogP contribution in [0.15, 0.2) is 36.4 Å². The molecule has 6 rings (SSSR count). The Morgan fingerprint density at radius 1 is 1.00 bits per heavy atom. The number of halogens is 1. The zero-order valence-electron chi connectivity index (χ0n) is 15.6. The van der Waals surface area contributed by atoms with Crippen molar-refractivity contribution in [3.8, 4) is 0 Å². The van der Waals surface area contributed by atoms with Crippen molar-refractivity contribution in [3.05, 3.63) is 47.0 Å². The molecule has 6 atom stereocenters. The summed E-state index contributed by atoms with van der Waals surface area (Å²) in [5.41, 5.74) is 0.401. The molecule has 1 heterocycles. The largest absolute Gasteiger partial charge is 0.457 e. The Kier molecular flexibility index (Phi) is 4.35. The first-order chi connectivity index (χ1) is 14.0. The third-order valence-electron chi connectivity index (χ3n) is 6.82. The van der Waals surface area contributed by atoms with Crippen LogP contribution < -0.4 is 0 Å². The molecule has 3 fully saturated rings. The van der Waals surface area contributed by atoms with E-state index in [0.717, 1.165) is 6.42 Å². The van der Waals surface area contributed by atoms with Gasteiger partial charge in [0.15, 0.2) is 12.4 Å². The van der Waals surface area contributed by atoms with Crippen molar-refractivity contribution in [2.45, 2.75) is 12.8 Å². The number of ether oxygens (including phenoxy) is 1. The second kappa shape index (κ2) is 6.80. The average molecular weight is 414 g/mol. The van der Waals surface area contributed by atoms with E-state index in [1.54, 1.807) is 24.3 Å². The van der Waals surface area contributed by atoms with Gasteiger partial charge in [-0.3, -0.25) is 24.1 Å². The third-order valence-corrected chi connectivity index (χ3v) is 7.08. The van der Waals surface area contributed by atoms with Crippen LogP contribution in [0.2, 0.25) is 5.02 Å². The van der Waals surface area contributed by atoms with Crippen molar-refractivity contribution in [1.82, 2.24) is 4.90 Å². The number of rotatable bonds is 6. The highest BCUT2D eigenvalue weighted by molar-refractivity contribution is 6.30. The molecule has 1 aliphatic heterocycles. The number of hydrogen-bond donors (Lipinski definition) is 0. The van der Waals surface area contributed by atoms with E-state index in [1.165, 1.54) is 4.90 Å². The summed E-state index contributed by atoms with van der Waals surface area (Å²) < 4.78 is 5.03. The highest BCUT2D eigenvalue weighted by Gasteiger charge is 2.66. The number of esters is 1. The maximum atomic E-state index is 12.8. The lowest BCUT2D eigenvalue weighted by Gasteiger charge is -2.37. The summed E-state index contributed by atoms with van der Waals surface area (Å²) in [6.07, 6.45) is 5.24. The molecule has 5 aliphatic rings. The molecule has 150 valence electrons. The Balaban J connectivity index is 1.15. The van der Waals surface area contributed by atoms with E-state index in [1.807, 2.05) is 0 Å². The number of ketones is 1. The Labute approximate surface area is 172 Å². The van der Waals surface area contributed by atoms with Crippen LogP contribution in [0.25, 0.3) is 0 Å². The summed E-state index contributed by atoms with van der Waals surface area (Å²) in [6, 6.07) is 6.31. The van der Waals surface area contributed by atoms with Gasteiger partial charge in [0.05, 0.1) is 18.3 Å². The molecule has 0 radical (unpaired) electrons. The summed E-state index contributed by atoms with van der Waals surface area (Å²) in [6.45, 7) is -0.377. The van der Waals surface area contributed by atoms with Crippen molar-refractivity contribution >= 4 is 35.2 Å². The van der Waals surface area contributed by atoms with Gasteiger partial charge in [0, 0.05) is 17.1 Å². The van der Waals surface area contributed by atoms with Crippen molar-refractivity contribution in [1.29, 1.82) is 0 Å². The molecule has 0 aromatic heterocycles. The molecule has 7 heteroatoms. The molecule has 1 saturated heterocycles. The van der Waals surface area contributed by atoms with Crippen molar-refractivity contribution in [3.63, 3.8) is 0 Å². The number of likely N-dealkylation sites (tertiary alicyclic amines) is 1. The number of nitrogens with zero attached hydrogens (tertiary/aromatic N) is 1. The number of amides is 2. The summed E-state index contributed by atoms with van der Waals surface area (Å²) in [5, 5.41) is 0.514. The van der Waals surface area contributed by atoms with E-state index in [2.05, 4.69) is 12.2 Å². The zero-order chi connectivity index (χ0) is 20.3. The van der Waals surface area contributed by atoms with Gasteiger partial charge in [0.2, 0.25) is 11.8 Å². The lowest BCUT2D eigenvalue weighted by molar-refractivity contribution is -0.145. The van der Waals surface area contributed by atoms with E-state index in [9.17, 15) is 19.2 Å². The van der Waals surface area contributed by atoms with Gasteiger partial charge in [-0.15, -0.1) is 0 Å². The smallest absolute Gasteiger partial charge is 0.308 e. The van der Waals surface area contributed by atoms with E-state index in [0.29, 0.717) is 22.4 Å². The molecule has 29 heavy (non-hydrogen) atoms. The van der Waals surface area contributed by atoms with Gasteiger partial charge >= 0.3 is 5.97 Å². The lowest BCUT2D eigenvalue weighted by atomic mass is 9.63. The quantitative estimate of drug-likeness (QED) is 0.310. The second-order valence-corrected chi connectivity index (χ2v) is 8.76. The predicted molar refractivity (Wildman–Crippen MR) is 103 cm³/mol. The molecule has 1 aromatic rings. The summed E-state index contributed by atoms with van der Waals surface area (Å²) in [5.74, 6) is -0.348. The molecule has 1 aromatic carbocycles. The number of Topliss-reactive ketones (excluding diaryl/α,β-unsaturated/α-hetero) is 1. The lowest BCUT2D eigenvalue weighted by Crippen LogP contribution is -2.40. The Morgan fingerprint density at radius 3 is 2.17 bits per heavy atom. The summed E-state index contributed by atoms with van der Waals surface area (Å²) >= 11 is 5.79. The first-order valence-corrected chi connectivity index (χ1v) is 10.3. The van der Waals surface area contributed by atoms with Crippen LogP contribution in [-0.4, -0.2) is 41.6 Å². The highest BCUT2D eigenvalue weighted by Crippen LogP contribution is 2.65. The van der Waals surface area contributed by atoms with Gasteiger partial charge in [0.25, 0.3) is 0 Å². The van der Waals surface area contributed by atoms with Gasteiger partial charge in [-0.2, -0.15) is 0 Å². The SMILES string of the molecule is O=C(CCN1C(=O)[C@@H]2[C@H]3C=C[C@@H]([C@@H]4C[C@H]34)[C@H]2C1=O)OCC(=O)c1ccc(Cl)cc1. The molecule has 2 saturated carbocycles. The summed E-state index contributed by atoms with van der Waals surface area (Å²) in [7, 11) is 0. The third kappa shape index (κ3) is 3.01. The first-order valence-electron chi connectivity index (χ1n) is 9.93. The van der Waals surface area contributed by atoms with E-state index in [-0.39, 0.29) is 60.8 Å². The molecule has 2 bridgehead atoms. The fraction of sp³-hybridized carbons (Fsp3) is 0.455.